The predicted octanol–water partition coefficient (Wildman–Crippen LogP) is -0.734. The first-order chi connectivity index (χ1) is 9.59. The van der Waals surface area contributed by atoms with Gasteiger partial charge in [-0.25, -0.2) is 0 Å². The van der Waals surface area contributed by atoms with Gasteiger partial charge in [0, 0.05) is 0 Å². The fourth-order valence-electron chi connectivity index (χ4n) is 2.90. The van der Waals surface area contributed by atoms with Gasteiger partial charge in [-0.2, -0.15) is 17.2 Å². The van der Waals surface area contributed by atoms with Gasteiger partial charge < -0.3 is 24.8 Å². The number of halogens is 2. The minimum atomic E-state index is 0. The van der Waals surface area contributed by atoms with Crippen LogP contribution >= 0.6 is 0 Å². The van der Waals surface area contributed by atoms with Crippen LogP contribution in [-0.2, 0) is 24.2 Å². The maximum absolute atomic E-state index is 3.53. The Morgan fingerprint density at radius 2 is 1.73 bits per heavy atom. The summed E-state index contributed by atoms with van der Waals surface area (Å²) in [5.74, 6) is 0.511. The van der Waals surface area contributed by atoms with E-state index in [1.165, 1.54) is 54.4 Å². The van der Waals surface area contributed by atoms with Gasteiger partial charge in [0.15, 0.2) is 0 Å². The van der Waals surface area contributed by atoms with Gasteiger partial charge in [0.2, 0.25) is 0 Å². The Morgan fingerprint density at radius 3 is 2.09 bits per heavy atom. The average Bonchev–Trinajstić information content (AvgIpc) is 3.05. The molecule has 0 spiro atoms. The van der Waals surface area contributed by atoms with Gasteiger partial charge >= 0.3 is 59.5 Å². The summed E-state index contributed by atoms with van der Waals surface area (Å²) in [6, 6.07) is 0. The van der Waals surface area contributed by atoms with Crippen molar-refractivity contribution in [2.75, 3.05) is 0 Å². The molecule has 0 radical (unpaired) electrons. The Morgan fingerprint density at radius 1 is 1.09 bits per heavy atom. The van der Waals surface area contributed by atoms with Gasteiger partial charge in [0.05, 0.1) is 0 Å². The molecule has 0 aromatic heterocycles. The van der Waals surface area contributed by atoms with E-state index in [9.17, 15) is 0 Å². The van der Waals surface area contributed by atoms with Gasteiger partial charge in [-0.15, -0.1) is 17.2 Å². The Labute approximate surface area is 163 Å². The van der Waals surface area contributed by atoms with Crippen LogP contribution in [0.25, 0.3) is 0 Å². The number of hydrogen-bond donors (Lipinski definition) is 0. The first-order valence-corrected chi connectivity index (χ1v) is 9.06. The van der Waals surface area contributed by atoms with Crippen molar-refractivity contribution in [2.24, 2.45) is 5.92 Å². The first-order valence-electron chi connectivity index (χ1n) is 7.83. The molecule has 0 aromatic carbocycles. The molecule has 0 saturated heterocycles. The van der Waals surface area contributed by atoms with Crippen molar-refractivity contribution in [3.05, 3.63) is 46.6 Å². The maximum atomic E-state index is 3.53. The molecule has 3 aliphatic carbocycles. The van der Waals surface area contributed by atoms with E-state index >= 15 is 0 Å². The normalized spacial score (nSPS) is 23.1. The zero-order chi connectivity index (χ0) is 14.5. The monoisotopic (exact) mass is 413 g/mol. The van der Waals surface area contributed by atoms with Crippen LogP contribution in [0.3, 0.4) is 0 Å². The molecule has 3 aliphatic rings. The second-order valence-electron chi connectivity index (χ2n) is 6.04. The van der Waals surface area contributed by atoms with E-state index in [0.29, 0.717) is 5.92 Å². The Bertz CT molecular complexity index is 502. The van der Waals surface area contributed by atoms with Crippen LogP contribution in [0.1, 0.15) is 59.3 Å². The summed E-state index contributed by atoms with van der Waals surface area (Å²) in [6.07, 6.45) is 18.5. The molecule has 0 aliphatic heterocycles. The summed E-state index contributed by atoms with van der Waals surface area (Å²) in [6.45, 7) is 6.64. The van der Waals surface area contributed by atoms with Crippen molar-refractivity contribution < 1.29 is 49.0 Å². The summed E-state index contributed by atoms with van der Waals surface area (Å²) >= 11 is 1.69. The molecule has 0 bridgehead atoms. The fraction of sp³-hybridized carbons (Fsp3) is 0.526. The van der Waals surface area contributed by atoms with E-state index in [4.69, 9.17) is 0 Å². The average molecular weight is 416 g/mol. The van der Waals surface area contributed by atoms with Crippen LogP contribution in [0.4, 0.5) is 0 Å². The van der Waals surface area contributed by atoms with E-state index in [0.717, 1.165) is 6.42 Å². The third-order valence-corrected chi connectivity index (χ3v) is 5.76. The molecular weight excluding hydrogens is 390 g/mol. The van der Waals surface area contributed by atoms with E-state index in [2.05, 4.69) is 45.1 Å². The molecule has 3 rings (SSSR count). The summed E-state index contributed by atoms with van der Waals surface area (Å²) in [5, 5.41) is 0. The SMILES string of the molecule is CC1=C(C)C(C)[C-]=C1C1=CC=CC1.[Cl-].[Cl-].[Zr+2]=[C]1CCCCC1. The van der Waals surface area contributed by atoms with E-state index in [1.54, 1.807) is 27.4 Å². The van der Waals surface area contributed by atoms with Gasteiger partial charge in [-0.3, -0.25) is 0 Å². The van der Waals surface area contributed by atoms with Crippen molar-refractivity contribution in [1.82, 2.24) is 0 Å². The summed E-state index contributed by atoms with van der Waals surface area (Å²) in [4.78, 5) is 0. The topological polar surface area (TPSA) is 0 Å². The zero-order valence-corrected chi connectivity index (χ0v) is 17.8. The molecule has 3 heteroatoms. The van der Waals surface area contributed by atoms with Crippen LogP contribution in [0.5, 0.6) is 0 Å². The van der Waals surface area contributed by atoms with Gasteiger partial charge in [0.1, 0.15) is 0 Å². The van der Waals surface area contributed by atoms with Gasteiger partial charge in [-0.05, 0) is 0 Å². The molecule has 1 fully saturated rings. The van der Waals surface area contributed by atoms with Crippen molar-refractivity contribution >= 4 is 3.21 Å². The van der Waals surface area contributed by atoms with E-state index in [1.807, 2.05) is 0 Å². The molecular formula is C19H25Cl2Zr-. The molecule has 0 N–H and O–H groups in total. The van der Waals surface area contributed by atoms with Gasteiger partial charge in [0.25, 0.3) is 0 Å². The zero-order valence-electron chi connectivity index (χ0n) is 13.8. The fourth-order valence-corrected chi connectivity index (χ4v) is 3.77. The van der Waals surface area contributed by atoms with Crippen LogP contribution in [0.2, 0.25) is 0 Å². The van der Waals surface area contributed by atoms with Crippen molar-refractivity contribution in [3.8, 4) is 0 Å². The first kappa shape index (κ1) is 22.3. The molecule has 120 valence electrons. The third kappa shape index (κ3) is 6.06. The molecule has 1 atom stereocenters. The number of hydrogen-bond acceptors (Lipinski definition) is 0. The quantitative estimate of drug-likeness (QED) is 0.496. The molecule has 1 saturated carbocycles. The van der Waals surface area contributed by atoms with Crippen molar-refractivity contribution in [1.29, 1.82) is 0 Å². The number of allylic oxidation sites excluding steroid dienone is 8. The predicted molar refractivity (Wildman–Crippen MR) is 84.2 cm³/mol. The second-order valence-corrected chi connectivity index (χ2v) is 7.78. The van der Waals surface area contributed by atoms with Crippen LogP contribution < -0.4 is 24.8 Å². The molecule has 0 heterocycles. The van der Waals surface area contributed by atoms with E-state index in [-0.39, 0.29) is 24.8 Å². The molecule has 22 heavy (non-hydrogen) atoms. The Kier molecular flexibility index (Phi) is 11.1. The second kappa shape index (κ2) is 11.0. The Hall–Kier alpha value is 0.293. The minimum absolute atomic E-state index is 0. The molecule has 0 aromatic rings. The molecule has 0 amide bonds. The molecule has 1 unspecified atom stereocenters. The van der Waals surface area contributed by atoms with Crippen molar-refractivity contribution in [3.63, 3.8) is 0 Å². The number of rotatable bonds is 1. The summed E-state index contributed by atoms with van der Waals surface area (Å²) in [7, 11) is 0. The van der Waals surface area contributed by atoms with Crippen LogP contribution in [0.15, 0.2) is 40.5 Å². The van der Waals surface area contributed by atoms with Gasteiger partial charge in [-0.1, -0.05) is 45.3 Å². The third-order valence-electron chi connectivity index (χ3n) is 4.53. The molecule has 0 nitrogen and oxygen atoms in total. The summed E-state index contributed by atoms with van der Waals surface area (Å²) in [5.41, 5.74) is 5.70. The van der Waals surface area contributed by atoms with Crippen LogP contribution in [0, 0.1) is 12.0 Å². The van der Waals surface area contributed by atoms with Crippen LogP contribution in [-0.4, -0.2) is 3.21 Å². The standard InChI is InChI=1S/C13H15.C6H10.2ClH.Zr/c1-9-8-13(11(3)10(9)2)12-6-4-5-7-12;1-2-4-6-5-3-1;;;/h4-6,9H,7H2,1-3H3;1-5H2;2*1H;/q-1;;;;+2/p-2. The van der Waals surface area contributed by atoms with Crippen molar-refractivity contribution in [2.45, 2.75) is 59.3 Å². The van der Waals surface area contributed by atoms with E-state index < -0.39 is 0 Å². The Balaban J connectivity index is 0.000000425. The summed E-state index contributed by atoms with van der Waals surface area (Å²) < 4.78 is 1.80.